The van der Waals surface area contributed by atoms with E-state index in [4.69, 9.17) is 9.47 Å². The molecule has 1 aliphatic carbocycles. The summed E-state index contributed by atoms with van der Waals surface area (Å²) >= 11 is 0. The van der Waals surface area contributed by atoms with E-state index in [1.54, 1.807) is 4.90 Å². The maximum absolute atomic E-state index is 15.1. The molecule has 0 aromatic heterocycles. The van der Waals surface area contributed by atoms with Crippen molar-refractivity contribution in [3.8, 4) is 11.1 Å². The molecule has 6 nitrogen and oxygen atoms in total. The largest absolute Gasteiger partial charge is 0.444 e. The quantitative estimate of drug-likeness (QED) is 0.151. The first-order chi connectivity index (χ1) is 22.7. The third-order valence-electron chi connectivity index (χ3n) is 9.82. The predicted molar refractivity (Wildman–Crippen MR) is 198 cm³/mol. The van der Waals surface area contributed by atoms with Crippen LogP contribution in [-0.4, -0.2) is 67.8 Å². The Morgan fingerprint density at radius 3 is 2.25 bits per heavy atom. The van der Waals surface area contributed by atoms with Crippen molar-refractivity contribution in [3.05, 3.63) is 95.1 Å². The summed E-state index contributed by atoms with van der Waals surface area (Å²) in [5, 5.41) is 0. The summed E-state index contributed by atoms with van der Waals surface area (Å²) in [6.45, 7) is 19.6. The summed E-state index contributed by atoms with van der Waals surface area (Å²) in [6, 6.07) is 26.7. The van der Waals surface area contributed by atoms with Gasteiger partial charge in [-0.15, -0.1) is 0 Å². The Labute approximate surface area is 289 Å². The van der Waals surface area contributed by atoms with Gasteiger partial charge in [0.25, 0.3) is 0 Å². The summed E-state index contributed by atoms with van der Waals surface area (Å²) in [4.78, 5) is 32.7. The van der Waals surface area contributed by atoms with E-state index in [9.17, 15) is 4.79 Å². The van der Waals surface area contributed by atoms with E-state index in [0.717, 1.165) is 35.6 Å². The highest BCUT2D eigenvalue weighted by Gasteiger charge is 2.47. The van der Waals surface area contributed by atoms with Gasteiger partial charge in [-0.2, -0.15) is 0 Å². The number of carbonyl (C=O) groups excluding carboxylic acids is 2. The van der Waals surface area contributed by atoms with Crippen LogP contribution in [0.25, 0.3) is 11.1 Å². The van der Waals surface area contributed by atoms with Gasteiger partial charge in [0.2, 0.25) is 5.91 Å². The average molecular weight is 669 g/mol. The molecule has 2 fully saturated rings. The smallest absolute Gasteiger partial charge is 0.410 e. The molecule has 1 heterocycles. The third kappa shape index (κ3) is 9.38. The number of aryl methyl sites for hydroxylation is 1. The van der Waals surface area contributed by atoms with Crippen LogP contribution in [0.4, 0.5) is 4.79 Å². The molecule has 3 aromatic carbocycles. The Balaban J connectivity index is 1.55. The van der Waals surface area contributed by atoms with Gasteiger partial charge in [0.05, 0.1) is 12.5 Å². The molecular weight excluding hydrogens is 613 g/mol. The topological polar surface area (TPSA) is 59.1 Å². The molecule has 0 bridgehead atoms. The number of rotatable bonds is 11. The van der Waals surface area contributed by atoms with E-state index < -0.39 is 19.6 Å². The Hall–Kier alpha value is -3.42. The van der Waals surface area contributed by atoms with E-state index in [1.165, 1.54) is 16.7 Å². The molecule has 0 radical (unpaired) electrons. The SMILES string of the molecule is Cc1cccc(CN(C(=O)[C@H]2CN(C(=O)OC(C)(C)C)CC(COCC[Si](C)(C)C)[C@@H]2c2cccc(-c3ccccc3)c2)C2CC2)c1C. The zero-order valence-electron chi connectivity index (χ0n) is 30.4. The zero-order valence-corrected chi connectivity index (χ0v) is 31.4. The van der Waals surface area contributed by atoms with Crippen LogP contribution in [0.3, 0.4) is 0 Å². The van der Waals surface area contributed by atoms with Gasteiger partial charge in [-0.05, 0) is 86.9 Å². The molecule has 48 heavy (non-hydrogen) atoms. The number of ether oxygens (including phenoxy) is 2. The fourth-order valence-corrected chi connectivity index (χ4v) is 7.60. The summed E-state index contributed by atoms with van der Waals surface area (Å²) in [6.07, 6.45) is 1.66. The second-order valence-corrected chi connectivity index (χ2v) is 21.8. The minimum Gasteiger partial charge on any atom is -0.444 e. The lowest BCUT2D eigenvalue weighted by Gasteiger charge is -2.45. The van der Waals surface area contributed by atoms with E-state index in [1.807, 2.05) is 26.8 Å². The van der Waals surface area contributed by atoms with Crippen molar-refractivity contribution < 1.29 is 19.1 Å². The van der Waals surface area contributed by atoms with Crippen molar-refractivity contribution in [1.82, 2.24) is 9.80 Å². The number of hydrogen-bond acceptors (Lipinski definition) is 4. The Morgan fingerprint density at radius 2 is 1.58 bits per heavy atom. The van der Waals surface area contributed by atoms with Gasteiger partial charge in [0, 0.05) is 52.2 Å². The second-order valence-electron chi connectivity index (χ2n) is 16.2. The minimum atomic E-state index is -1.30. The summed E-state index contributed by atoms with van der Waals surface area (Å²) in [5.74, 6) is -0.510. The molecule has 3 atom stereocenters. The first-order valence-corrected chi connectivity index (χ1v) is 21.5. The van der Waals surface area contributed by atoms with Crippen molar-refractivity contribution in [2.24, 2.45) is 11.8 Å². The molecule has 1 saturated carbocycles. The van der Waals surface area contributed by atoms with Crippen molar-refractivity contribution in [3.63, 3.8) is 0 Å². The lowest BCUT2D eigenvalue weighted by atomic mass is 9.72. The Bertz CT molecular complexity index is 1560. The van der Waals surface area contributed by atoms with Crippen LogP contribution in [0, 0.1) is 25.7 Å². The molecule has 5 rings (SSSR count). The van der Waals surface area contributed by atoms with Crippen LogP contribution >= 0.6 is 0 Å². The Kier molecular flexibility index (Phi) is 11.2. The highest BCUT2D eigenvalue weighted by atomic mass is 28.3. The molecule has 1 unspecified atom stereocenters. The molecule has 0 spiro atoms. The maximum atomic E-state index is 15.1. The molecule has 0 N–H and O–H groups in total. The number of amides is 2. The first-order valence-electron chi connectivity index (χ1n) is 17.8. The maximum Gasteiger partial charge on any atom is 0.410 e. The van der Waals surface area contributed by atoms with E-state index in [-0.39, 0.29) is 29.9 Å². The number of benzene rings is 3. The number of carbonyl (C=O) groups is 2. The molecule has 2 amide bonds. The predicted octanol–water partition coefficient (Wildman–Crippen LogP) is 9.08. The van der Waals surface area contributed by atoms with Crippen LogP contribution in [0.1, 0.15) is 61.8 Å². The van der Waals surface area contributed by atoms with Gasteiger partial charge in [0.1, 0.15) is 5.60 Å². The van der Waals surface area contributed by atoms with Crippen LogP contribution in [0.15, 0.2) is 72.8 Å². The van der Waals surface area contributed by atoms with Crippen LogP contribution in [0.2, 0.25) is 25.7 Å². The molecule has 3 aromatic rings. The second kappa shape index (κ2) is 15.0. The van der Waals surface area contributed by atoms with E-state index >= 15 is 4.79 Å². The van der Waals surface area contributed by atoms with Crippen molar-refractivity contribution in [2.45, 2.75) is 97.3 Å². The Morgan fingerprint density at radius 1 is 0.896 bits per heavy atom. The van der Waals surface area contributed by atoms with Crippen molar-refractivity contribution >= 4 is 20.1 Å². The molecule has 258 valence electrons. The fourth-order valence-electron chi connectivity index (χ4n) is 6.84. The number of likely N-dealkylation sites (tertiary alicyclic amines) is 1. The van der Waals surface area contributed by atoms with Gasteiger partial charge < -0.3 is 19.3 Å². The average Bonchev–Trinajstić information content (AvgIpc) is 3.88. The van der Waals surface area contributed by atoms with Gasteiger partial charge in [-0.1, -0.05) is 92.4 Å². The summed E-state index contributed by atoms with van der Waals surface area (Å²) in [5.41, 5.74) is 6.41. The van der Waals surface area contributed by atoms with Crippen molar-refractivity contribution in [2.75, 3.05) is 26.3 Å². The highest BCUT2D eigenvalue weighted by Crippen LogP contribution is 2.42. The number of nitrogens with zero attached hydrogens (tertiary/aromatic N) is 2. The van der Waals surface area contributed by atoms with Crippen LogP contribution in [0.5, 0.6) is 0 Å². The lowest BCUT2D eigenvalue weighted by Crippen LogP contribution is -2.55. The van der Waals surface area contributed by atoms with Crippen LogP contribution < -0.4 is 0 Å². The van der Waals surface area contributed by atoms with Crippen molar-refractivity contribution in [1.29, 1.82) is 0 Å². The molecule has 1 aliphatic heterocycles. The standard InChI is InChI=1S/C41H56N2O4Si/c1-29-14-12-19-34(30(29)2)26-43(36-20-21-36)39(44)37-27-42(40(45)47-41(3,4)5)25-35(28-46-22-23-48(6,7)8)38(37)33-18-13-17-32(24-33)31-15-10-9-11-16-31/h9-19,24,35-38H,20-23,25-28H2,1-8H3/t35?,37-,38-/m0/s1. The summed E-state index contributed by atoms with van der Waals surface area (Å²) < 4.78 is 12.4. The molecule has 7 heteroatoms. The molecular formula is C41H56N2O4Si. The number of piperidine rings is 1. The van der Waals surface area contributed by atoms with E-state index in [2.05, 4.69) is 105 Å². The summed E-state index contributed by atoms with van der Waals surface area (Å²) in [7, 11) is -1.30. The lowest BCUT2D eigenvalue weighted by molar-refractivity contribution is -0.140. The van der Waals surface area contributed by atoms with Gasteiger partial charge >= 0.3 is 6.09 Å². The van der Waals surface area contributed by atoms with E-state index in [0.29, 0.717) is 32.8 Å². The normalized spacial score (nSPS) is 20.0. The van der Waals surface area contributed by atoms with Gasteiger partial charge in [0.15, 0.2) is 0 Å². The number of hydrogen-bond donors (Lipinski definition) is 0. The zero-order chi connectivity index (χ0) is 34.6. The molecule has 2 aliphatic rings. The van der Waals surface area contributed by atoms with Crippen LogP contribution in [-0.2, 0) is 20.8 Å². The molecule has 1 saturated heterocycles. The monoisotopic (exact) mass is 668 g/mol. The third-order valence-corrected chi connectivity index (χ3v) is 11.5. The van der Waals surface area contributed by atoms with Gasteiger partial charge in [-0.3, -0.25) is 4.79 Å². The first kappa shape index (κ1) is 35.9. The minimum absolute atomic E-state index is 0.0744. The highest BCUT2D eigenvalue weighted by molar-refractivity contribution is 6.76. The fraction of sp³-hybridized carbons (Fsp3) is 0.512. The van der Waals surface area contributed by atoms with Gasteiger partial charge in [-0.25, -0.2) is 4.79 Å².